The predicted molar refractivity (Wildman–Crippen MR) is 125 cm³/mol. The summed E-state index contributed by atoms with van der Waals surface area (Å²) in [7, 11) is 0. The van der Waals surface area contributed by atoms with Crippen molar-refractivity contribution in [2.24, 2.45) is 0 Å². The summed E-state index contributed by atoms with van der Waals surface area (Å²) in [5.74, 6) is 1.95. The van der Waals surface area contributed by atoms with Crippen molar-refractivity contribution in [3.8, 4) is 12.3 Å². The van der Waals surface area contributed by atoms with Crippen molar-refractivity contribution in [2.45, 2.75) is 95.5 Å². The first-order valence-electron chi connectivity index (χ1n) is 12.0. The van der Waals surface area contributed by atoms with Crippen molar-refractivity contribution in [3.63, 3.8) is 0 Å². The molecule has 10 heteroatoms. The highest BCUT2D eigenvalue weighted by Crippen LogP contribution is 2.38. The number of fused-ring (bicyclic) bond motifs is 1. The van der Waals surface area contributed by atoms with E-state index in [0.717, 1.165) is 19.3 Å². The molecule has 0 radical (unpaired) electrons. The summed E-state index contributed by atoms with van der Waals surface area (Å²) < 4.78 is 26.4. The van der Waals surface area contributed by atoms with Gasteiger partial charge in [-0.1, -0.05) is 64.2 Å². The molecule has 3 rings (SSSR count). The minimum absolute atomic E-state index is 0.0804. The quantitative estimate of drug-likeness (QED) is 0.195. The molecule has 9 nitrogen and oxygen atoms in total. The number of hydrogen-bond acceptors (Lipinski definition) is 8. The van der Waals surface area contributed by atoms with Crippen LogP contribution in [-0.2, 0) is 14.3 Å². The molecule has 0 amide bonds. The number of nitrogen functional groups attached to an aromatic ring is 1. The van der Waals surface area contributed by atoms with Crippen molar-refractivity contribution in [1.82, 2.24) is 19.5 Å². The van der Waals surface area contributed by atoms with Crippen LogP contribution in [-0.4, -0.2) is 48.9 Å². The first-order chi connectivity index (χ1) is 16.4. The molecule has 1 fully saturated rings. The maximum Gasteiger partial charge on any atom is 0.312 e. The van der Waals surface area contributed by atoms with Gasteiger partial charge >= 0.3 is 12.0 Å². The Kier molecular flexibility index (Phi) is 9.19. The molecular weight excluding hydrogens is 441 g/mol. The third-order valence-electron chi connectivity index (χ3n) is 6.22. The van der Waals surface area contributed by atoms with Crippen LogP contribution in [0.4, 0.5) is 10.2 Å². The number of unbranched alkanes of at least 4 members (excludes halogenated alkanes) is 8. The smallest absolute Gasteiger partial charge is 0.312 e. The summed E-state index contributed by atoms with van der Waals surface area (Å²) >= 11 is 0. The van der Waals surface area contributed by atoms with E-state index in [4.69, 9.17) is 21.6 Å². The molecule has 0 aliphatic carbocycles. The molecule has 34 heavy (non-hydrogen) atoms. The number of carbonyl (C=O) groups is 1. The molecule has 3 atom stereocenters. The highest BCUT2D eigenvalue weighted by Gasteiger charge is 2.49. The van der Waals surface area contributed by atoms with Crippen LogP contribution in [0.25, 0.3) is 11.2 Å². The molecule has 0 aromatic carbocycles. The molecule has 2 aromatic rings. The van der Waals surface area contributed by atoms with Gasteiger partial charge in [0.2, 0.25) is 0 Å². The fourth-order valence-electron chi connectivity index (χ4n) is 4.18. The van der Waals surface area contributed by atoms with Crippen LogP contribution in [0.15, 0.2) is 6.33 Å². The molecule has 2 aromatic heterocycles. The zero-order valence-electron chi connectivity index (χ0n) is 19.7. The van der Waals surface area contributed by atoms with Gasteiger partial charge < -0.3 is 20.3 Å². The monoisotopic (exact) mass is 475 g/mol. The summed E-state index contributed by atoms with van der Waals surface area (Å²) in [6, 6.07) is 0. The number of nitrogens with zero attached hydrogens (tertiary/aromatic N) is 4. The molecule has 0 unspecified atom stereocenters. The highest BCUT2D eigenvalue weighted by molar-refractivity contribution is 5.81. The van der Waals surface area contributed by atoms with Gasteiger partial charge in [0.05, 0.1) is 6.33 Å². The van der Waals surface area contributed by atoms with Crippen molar-refractivity contribution < 1.29 is 23.8 Å². The van der Waals surface area contributed by atoms with Gasteiger partial charge in [-0.3, -0.25) is 9.36 Å². The number of nitrogens with two attached hydrogens (primary N) is 1. The second-order valence-corrected chi connectivity index (χ2v) is 8.80. The second-order valence-electron chi connectivity index (χ2n) is 8.80. The van der Waals surface area contributed by atoms with Gasteiger partial charge in [0.25, 0.3) is 0 Å². The van der Waals surface area contributed by atoms with Crippen molar-refractivity contribution >= 4 is 23.0 Å². The molecule has 0 bridgehead atoms. The Hall–Kier alpha value is -2.77. The molecule has 3 heterocycles. The Balaban J connectivity index is 1.47. The average molecular weight is 476 g/mol. The number of ether oxygens (including phenoxy) is 2. The summed E-state index contributed by atoms with van der Waals surface area (Å²) in [6.45, 7) is 1.92. The van der Waals surface area contributed by atoms with E-state index in [-0.39, 0.29) is 42.4 Å². The highest BCUT2D eigenvalue weighted by atomic mass is 19.1. The topological polar surface area (TPSA) is 125 Å². The number of terminal acetylenes is 1. The summed E-state index contributed by atoms with van der Waals surface area (Å²) in [5, 5.41) is 10.6. The number of rotatable bonds is 13. The number of hydrogen-bond donors (Lipinski definition) is 2. The van der Waals surface area contributed by atoms with Gasteiger partial charge in [0.1, 0.15) is 18.9 Å². The number of aromatic nitrogens is 4. The zero-order chi connectivity index (χ0) is 24.6. The molecule has 1 aliphatic rings. The number of imidazole rings is 1. The standard InChI is InChI=1S/C24H34FN5O4/c1-3-5-6-7-8-9-10-11-12-13-19(32)33-15-24(4-2)17(31)14-18(34-24)30-16-27-20-21(26)28-23(25)29-22(20)30/h2,16-18,31H,3,5-15H2,1H3,(H2,26,28,29)/t17-,18+,24+/m0/s1. The lowest BCUT2D eigenvalue weighted by atomic mass is 9.99. The van der Waals surface area contributed by atoms with Crippen LogP contribution in [0.2, 0.25) is 0 Å². The lowest BCUT2D eigenvalue weighted by molar-refractivity contribution is -0.156. The number of carbonyl (C=O) groups excluding carboxylic acids is 1. The Morgan fingerprint density at radius 3 is 2.65 bits per heavy atom. The third-order valence-corrected chi connectivity index (χ3v) is 6.22. The summed E-state index contributed by atoms with van der Waals surface area (Å²) in [4.78, 5) is 23.5. The molecule has 186 valence electrons. The molecule has 0 saturated carbocycles. The van der Waals surface area contributed by atoms with Gasteiger partial charge in [-0.05, 0) is 6.42 Å². The Morgan fingerprint density at radius 1 is 1.29 bits per heavy atom. The van der Waals surface area contributed by atoms with Crippen molar-refractivity contribution in [2.75, 3.05) is 12.3 Å². The summed E-state index contributed by atoms with van der Waals surface area (Å²) in [5.41, 5.74) is 4.52. The first kappa shape index (κ1) is 25.8. The second kappa shape index (κ2) is 12.1. The predicted octanol–water partition coefficient (Wildman–Crippen LogP) is 3.66. The van der Waals surface area contributed by atoms with Crippen LogP contribution < -0.4 is 5.73 Å². The van der Waals surface area contributed by atoms with Gasteiger partial charge in [-0.2, -0.15) is 14.4 Å². The Labute approximate surface area is 199 Å². The van der Waals surface area contributed by atoms with Gasteiger partial charge in [-0.15, -0.1) is 6.42 Å². The van der Waals surface area contributed by atoms with E-state index in [1.807, 2.05) is 0 Å². The normalized spacial score (nSPS) is 22.2. The van der Waals surface area contributed by atoms with Crippen LogP contribution in [0.1, 0.15) is 83.8 Å². The number of halogens is 1. The number of anilines is 1. The number of aliphatic hydroxyl groups is 1. The van der Waals surface area contributed by atoms with Crippen LogP contribution in [0.3, 0.4) is 0 Å². The van der Waals surface area contributed by atoms with E-state index in [1.165, 1.54) is 49.4 Å². The van der Waals surface area contributed by atoms with Crippen LogP contribution in [0, 0.1) is 18.4 Å². The lowest BCUT2D eigenvalue weighted by Gasteiger charge is -2.26. The average Bonchev–Trinajstić information content (AvgIpc) is 3.38. The lowest BCUT2D eigenvalue weighted by Crippen LogP contribution is -2.43. The van der Waals surface area contributed by atoms with E-state index in [1.54, 1.807) is 0 Å². The van der Waals surface area contributed by atoms with E-state index in [2.05, 4.69) is 27.8 Å². The minimum atomic E-state index is -1.52. The molecule has 1 aliphatic heterocycles. The van der Waals surface area contributed by atoms with E-state index in [0.29, 0.717) is 0 Å². The SMILES string of the molecule is C#C[C@]1(COC(=O)CCCCCCCCCCC)O[C@@H](n2cnc3c(N)nc(F)nc32)C[C@@H]1O. The molecule has 1 saturated heterocycles. The fraction of sp³-hybridized carbons (Fsp3) is 0.667. The van der Waals surface area contributed by atoms with Crippen molar-refractivity contribution in [1.29, 1.82) is 0 Å². The molecule has 0 spiro atoms. The van der Waals surface area contributed by atoms with Crippen LogP contribution in [0.5, 0.6) is 0 Å². The third kappa shape index (κ3) is 6.21. The van der Waals surface area contributed by atoms with Gasteiger partial charge in [0.15, 0.2) is 22.6 Å². The molecule has 3 N–H and O–H groups in total. The van der Waals surface area contributed by atoms with Gasteiger partial charge in [-0.25, -0.2) is 4.98 Å². The largest absolute Gasteiger partial charge is 0.461 e. The first-order valence-corrected chi connectivity index (χ1v) is 12.0. The minimum Gasteiger partial charge on any atom is -0.461 e. The van der Waals surface area contributed by atoms with Crippen molar-refractivity contribution in [3.05, 3.63) is 12.4 Å². The number of aliphatic hydroxyl groups excluding tert-OH is 1. The zero-order valence-corrected chi connectivity index (χ0v) is 19.7. The van der Waals surface area contributed by atoms with E-state index >= 15 is 0 Å². The Bertz CT molecular complexity index is 1010. The number of esters is 1. The summed E-state index contributed by atoms with van der Waals surface area (Å²) in [6.07, 6.45) is 14.9. The maximum atomic E-state index is 13.7. The maximum absolute atomic E-state index is 13.7. The molecular formula is C24H34FN5O4. The van der Waals surface area contributed by atoms with E-state index in [9.17, 15) is 14.3 Å². The van der Waals surface area contributed by atoms with Gasteiger partial charge in [0, 0.05) is 12.8 Å². The van der Waals surface area contributed by atoms with E-state index < -0.39 is 24.0 Å². The van der Waals surface area contributed by atoms with Crippen LogP contribution >= 0.6 is 0 Å². The fourth-order valence-corrected chi connectivity index (χ4v) is 4.18. The Morgan fingerprint density at radius 2 is 1.97 bits per heavy atom.